The molecule has 0 aliphatic heterocycles. The summed E-state index contributed by atoms with van der Waals surface area (Å²) in [5, 5.41) is 3.16. The summed E-state index contributed by atoms with van der Waals surface area (Å²) in [4.78, 5) is 10.6. The van der Waals surface area contributed by atoms with Crippen LogP contribution in [0.5, 0.6) is 0 Å². The molecule has 0 saturated heterocycles. The molecule has 1 fully saturated rings. The summed E-state index contributed by atoms with van der Waals surface area (Å²) in [6.07, 6.45) is 3.63. The number of hydrogen-bond acceptors (Lipinski definition) is 2. The number of carbonyl (C=O) groups excluding carboxylic acids is 1. The van der Waals surface area contributed by atoms with E-state index in [4.69, 9.17) is 0 Å². The molecule has 0 bridgehead atoms. The monoisotopic (exact) mass is 207 g/mol. The first-order valence-corrected chi connectivity index (χ1v) is 5.28. The van der Waals surface area contributed by atoms with Crippen molar-refractivity contribution in [3.05, 3.63) is 29.1 Å². The van der Waals surface area contributed by atoms with Gasteiger partial charge in [-0.25, -0.2) is 4.39 Å². The van der Waals surface area contributed by atoms with Gasteiger partial charge in [-0.1, -0.05) is 6.92 Å². The van der Waals surface area contributed by atoms with E-state index in [0.717, 1.165) is 24.8 Å². The van der Waals surface area contributed by atoms with E-state index in [0.29, 0.717) is 23.6 Å². The van der Waals surface area contributed by atoms with Crippen molar-refractivity contribution in [3.63, 3.8) is 0 Å². The predicted octanol–water partition coefficient (Wildman–Crippen LogP) is 2.77. The number of carbonyl (C=O) groups is 1. The van der Waals surface area contributed by atoms with Gasteiger partial charge in [-0.15, -0.1) is 0 Å². The number of benzene rings is 1. The molecule has 1 aromatic rings. The molecule has 0 amide bonds. The summed E-state index contributed by atoms with van der Waals surface area (Å²) in [5.74, 6) is -0.316. The van der Waals surface area contributed by atoms with Crippen molar-refractivity contribution in [2.24, 2.45) is 0 Å². The average molecular weight is 207 g/mol. The molecule has 0 unspecified atom stereocenters. The molecular weight excluding hydrogens is 193 g/mol. The third kappa shape index (κ3) is 2.17. The van der Waals surface area contributed by atoms with Crippen LogP contribution in [0.1, 0.15) is 35.7 Å². The Labute approximate surface area is 88.5 Å². The highest BCUT2D eigenvalue weighted by atomic mass is 19.1. The van der Waals surface area contributed by atoms with Crippen LogP contribution in [-0.2, 0) is 6.42 Å². The summed E-state index contributed by atoms with van der Waals surface area (Å²) in [7, 11) is 0. The summed E-state index contributed by atoms with van der Waals surface area (Å²) >= 11 is 0. The van der Waals surface area contributed by atoms with Gasteiger partial charge in [0.2, 0.25) is 0 Å². The summed E-state index contributed by atoms with van der Waals surface area (Å²) in [6, 6.07) is 3.46. The smallest absolute Gasteiger partial charge is 0.150 e. The van der Waals surface area contributed by atoms with Crippen LogP contribution >= 0.6 is 0 Å². The van der Waals surface area contributed by atoms with E-state index in [9.17, 15) is 9.18 Å². The van der Waals surface area contributed by atoms with E-state index < -0.39 is 0 Å². The fourth-order valence-corrected chi connectivity index (χ4v) is 1.63. The van der Waals surface area contributed by atoms with Crippen molar-refractivity contribution in [1.29, 1.82) is 0 Å². The molecule has 3 heteroatoms. The Morgan fingerprint density at radius 1 is 1.53 bits per heavy atom. The fraction of sp³-hybridized carbons (Fsp3) is 0.417. The molecule has 0 spiro atoms. The number of aryl methyl sites for hydroxylation is 1. The van der Waals surface area contributed by atoms with Gasteiger partial charge in [-0.2, -0.15) is 0 Å². The molecule has 80 valence electrons. The fourth-order valence-electron chi connectivity index (χ4n) is 1.63. The van der Waals surface area contributed by atoms with Gasteiger partial charge in [0.05, 0.1) is 5.69 Å². The molecule has 2 nitrogen and oxygen atoms in total. The Kier molecular flexibility index (Phi) is 2.71. The highest BCUT2D eigenvalue weighted by Crippen LogP contribution is 2.29. The highest BCUT2D eigenvalue weighted by molar-refractivity contribution is 5.77. The zero-order valence-electron chi connectivity index (χ0n) is 8.72. The summed E-state index contributed by atoms with van der Waals surface area (Å²) in [5.41, 5.74) is 1.86. The highest BCUT2D eigenvalue weighted by Gasteiger charge is 2.23. The first kappa shape index (κ1) is 10.1. The van der Waals surface area contributed by atoms with Crippen LogP contribution in [0, 0.1) is 5.82 Å². The molecule has 1 N–H and O–H groups in total. The van der Waals surface area contributed by atoms with Crippen molar-refractivity contribution >= 4 is 12.0 Å². The van der Waals surface area contributed by atoms with Crippen molar-refractivity contribution in [1.82, 2.24) is 0 Å². The third-order valence-corrected chi connectivity index (χ3v) is 2.64. The third-order valence-electron chi connectivity index (χ3n) is 2.64. The van der Waals surface area contributed by atoms with Gasteiger partial charge in [0.1, 0.15) is 12.1 Å². The van der Waals surface area contributed by atoms with Crippen LogP contribution < -0.4 is 5.32 Å². The Balaban J connectivity index is 2.36. The molecule has 1 aliphatic carbocycles. The van der Waals surface area contributed by atoms with Gasteiger partial charge in [-0.05, 0) is 37.0 Å². The first-order chi connectivity index (χ1) is 7.24. The van der Waals surface area contributed by atoms with E-state index in [1.54, 1.807) is 6.07 Å². The topological polar surface area (TPSA) is 29.1 Å². The zero-order chi connectivity index (χ0) is 10.8. The summed E-state index contributed by atoms with van der Waals surface area (Å²) < 4.78 is 13.7. The van der Waals surface area contributed by atoms with Gasteiger partial charge in [0, 0.05) is 11.6 Å². The molecule has 0 heterocycles. The predicted molar refractivity (Wildman–Crippen MR) is 57.8 cm³/mol. The zero-order valence-corrected chi connectivity index (χ0v) is 8.72. The molecule has 0 radical (unpaired) electrons. The van der Waals surface area contributed by atoms with Gasteiger partial charge < -0.3 is 5.32 Å². The maximum Gasteiger partial charge on any atom is 0.150 e. The Morgan fingerprint density at radius 2 is 2.27 bits per heavy atom. The van der Waals surface area contributed by atoms with Crippen LogP contribution in [-0.4, -0.2) is 12.3 Å². The summed E-state index contributed by atoms with van der Waals surface area (Å²) in [6.45, 7) is 1.96. The molecule has 1 saturated carbocycles. The molecule has 0 atom stereocenters. The maximum atomic E-state index is 13.7. The Hall–Kier alpha value is -1.38. The van der Waals surface area contributed by atoms with Crippen LogP contribution in [0.2, 0.25) is 0 Å². The normalized spacial score (nSPS) is 15.1. The van der Waals surface area contributed by atoms with Crippen molar-refractivity contribution in [2.45, 2.75) is 32.2 Å². The van der Waals surface area contributed by atoms with Crippen molar-refractivity contribution in [3.8, 4) is 0 Å². The minimum absolute atomic E-state index is 0.316. The maximum absolute atomic E-state index is 13.7. The minimum Gasteiger partial charge on any atom is -0.380 e. The van der Waals surface area contributed by atoms with Gasteiger partial charge in [-0.3, -0.25) is 4.79 Å². The molecule has 15 heavy (non-hydrogen) atoms. The van der Waals surface area contributed by atoms with Crippen LogP contribution in [0.15, 0.2) is 12.1 Å². The van der Waals surface area contributed by atoms with Crippen LogP contribution in [0.4, 0.5) is 10.1 Å². The average Bonchev–Trinajstić information content (AvgIpc) is 3.04. The number of hydrogen-bond donors (Lipinski definition) is 1. The van der Waals surface area contributed by atoms with E-state index in [1.807, 2.05) is 6.92 Å². The standard InChI is InChI=1S/C12H14FNO/c1-2-9-5-8(7-15)6-11(13)12(9)14-10-3-4-10/h5-7,10,14H,2-4H2,1H3. The van der Waals surface area contributed by atoms with Crippen molar-refractivity contribution in [2.75, 3.05) is 5.32 Å². The molecule has 2 rings (SSSR count). The van der Waals surface area contributed by atoms with Crippen LogP contribution in [0.3, 0.4) is 0 Å². The van der Waals surface area contributed by atoms with E-state index in [-0.39, 0.29) is 5.82 Å². The number of anilines is 1. The second kappa shape index (κ2) is 4.01. The van der Waals surface area contributed by atoms with Gasteiger partial charge in [0.25, 0.3) is 0 Å². The number of aldehydes is 1. The molecule has 0 aromatic heterocycles. The van der Waals surface area contributed by atoms with Crippen LogP contribution in [0.25, 0.3) is 0 Å². The number of nitrogens with one attached hydrogen (secondary N) is 1. The number of halogens is 1. The van der Waals surface area contributed by atoms with Gasteiger partial charge in [0.15, 0.2) is 0 Å². The van der Waals surface area contributed by atoms with E-state index >= 15 is 0 Å². The van der Waals surface area contributed by atoms with Crippen molar-refractivity contribution < 1.29 is 9.18 Å². The number of rotatable bonds is 4. The molecular formula is C12H14FNO. The Bertz CT molecular complexity index is 385. The second-order valence-corrected chi connectivity index (χ2v) is 3.93. The second-order valence-electron chi connectivity index (χ2n) is 3.93. The van der Waals surface area contributed by atoms with E-state index in [1.165, 1.54) is 6.07 Å². The SMILES string of the molecule is CCc1cc(C=O)cc(F)c1NC1CC1. The lowest BCUT2D eigenvalue weighted by molar-refractivity contribution is 0.112. The van der Waals surface area contributed by atoms with Gasteiger partial charge >= 0.3 is 0 Å². The molecule has 1 aromatic carbocycles. The largest absolute Gasteiger partial charge is 0.380 e. The first-order valence-electron chi connectivity index (χ1n) is 5.28. The quantitative estimate of drug-likeness (QED) is 0.769. The minimum atomic E-state index is -0.316. The Morgan fingerprint density at radius 3 is 2.80 bits per heavy atom. The molecule has 1 aliphatic rings. The lowest BCUT2D eigenvalue weighted by Gasteiger charge is -2.11. The lowest BCUT2D eigenvalue weighted by atomic mass is 10.1. The lowest BCUT2D eigenvalue weighted by Crippen LogP contribution is -2.07. The van der Waals surface area contributed by atoms with E-state index in [2.05, 4.69) is 5.32 Å².